The molecule has 0 fully saturated rings. The first-order valence-electron chi connectivity index (χ1n) is 15.0. The number of carbonyl (C=O) groups is 3. The summed E-state index contributed by atoms with van der Waals surface area (Å²) in [6.07, 6.45) is 1.26. The lowest BCUT2D eigenvalue weighted by atomic mass is 10.1. The lowest BCUT2D eigenvalue weighted by Gasteiger charge is -2.14. The van der Waals surface area contributed by atoms with E-state index in [-0.39, 0.29) is 22.9 Å². The molecule has 0 radical (unpaired) electrons. The number of amides is 3. The van der Waals surface area contributed by atoms with Crippen LogP contribution in [0.3, 0.4) is 0 Å². The van der Waals surface area contributed by atoms with E-state index in [4.69, 9.17) is 9.47 Å². The van der Waals surface area contributed by atoms with Crippen molar-refractivity contribution < 1.29 is 28.8 Å². The summed E-state index contributed by atoms with van der Waals surface area (Å²) in [6.45, 7) is 1.75. The second-order valence-electron chi connectivity index (χ2n) is 10.5. The molecule has 254 valence electrons. The molecule has 14 heteroatoms. The summed E-state index contributed by atoms with van der Waals surface area (Å²) in [6, 6.07) is 26.5. The second-order valence-corrected chi connectivity index (χ2v) is 12.8. The van der Waals surface area contributed by atoms with Crippen LogP contribution >= 0.6 is 23.1 Å². The highest BCUT2D eigenvalue weighted by Gasteiger charge is 2.20. The molecule has 0 aliphatic rings. The van der Waals surface area contributed by atoms with Crippen LogP contribution in [0.5, 0.6) is 11.5 Å². The van der Waals surface area contributed by atoms with Gasteiger partial charge in [0.1, 0.15) is 5.70 Å². The van der Waals surface area contributed by atoms with E-state index in [9.17, 15) is 24.5 Å². The Morgan fingerprint density at radius 2 is 1.64 bits per heavy atom. The summed E-state index contributed by atoms with van der Waals surface area (Å²) in [5, 5.41) is 21.6. The Morgan fingerprint density at radius 3 is 2.38 bits per heavy atom. The zero-order valence-corrected chi connectivity index (χ0v) is 28.7. The van der Waals surface area contributed by atoms with Crippen molar-refractivity contribution in [2.45, 2.75) is 17.1 Å². The van der Waals surface area contributed by atoms with E-state index in [1.807, 2.05) is 17.5 Å². The Labute approximate surface area is 295 Å². The largest absolute Gasteiger partial charge is 0.493 e. The number of nitrogens with one attached hydrogen (secondary N) is 3. The Bertz CT molecular complexity index is 2070. The third-order valence-corrected chi connectivity index (χ3v) is 9.00. The van der Waals surface area contributed by atoms with Gasteiger partial charge in [-0.15, -0.1) is 23.1 Å². The number of rotatable bonds is 13. The van der Waals surface area contributed by atoms with Gasteiger partial charge in [0.15, 0.2) is 16.6 Å². The van der Waals surface area contributed by atoms with Crippen LogP contribution in [-0.4, -0.2) is 47.1 Å². The van der Waals surface area contributed by atoms with Gasteiger partial charge in [0, 0.05) is 33.2 Å². The summed E-state index contributed by atoms with van der Waals surface area (Å²) in [5.41, 5.74) is 1.87. The van der Waals surface area contributed by atoms with Crippen LogP contribution in [0.15, 0.2) is 113 Å². The number of hydrogen-bond donors (Lipinski definition) is 3. The summed E-state index contributed by atoms with van der Waals surface area (Å²) in [5.74, 6) is -0.368. The van der Waals surface area contributed by atoms with Crippen LogP contribution in [0.4, 0.5) is 16.5 Å². The molecule has 5 aromatic rings. The number of carbonyl (C=O) groups excluding carboxylic acids is 3. The minimum absolute atomic E-state index is 0.135. The van der Waals surface area contributed by atoms with Gasteiger partial charge >= 0.3 is 0 Å². The molecule has 0 bridgehead atoms. The van der Waals surface area contributed by atoms with Crippen LogP contribution in [0, 0.1) is 10.1 Å². The van der Waals surface area contributed by atoms with Crippen LogP contribution in [0.1, 0.15) is 22.8 Å². The molecule has 1 atom stereocenters. The van der Waals surface area contributed by atoms with Crippen molar-refractivity contribution in [2.24, 2.45) is 0 Å². The molecular weight excluding hydrogens is 679 g/mol. The van der Waals surface area contributed by atoms with Crippen molar-refractivity contribution in [1.29, 1.82) is 0 Å². The molecule has 1 unspecified atom stereocenters. The highest BCUT2D eigenvalue weighted by Crippen LogP contribution is 2.34. The number of para-hydroxylation sites is 1. The van der Waals surface area contributed by atoms with E-state index in [0.717, 1.165) is 5.56 Å². The first-order valence-corrected chi connectivity index (χ1v) is 16.8. The van der Waals surface area contributed by atoms with Gasteiger partial charge in [0.05, 0.1) is 35.7 Å². The minimum atomic E-state index is -0.700. The summed E-state index contributed by atoms with van der Waals surface area (Å²) >= 11 is 2.57. The first kappa shape index (κ1) is 35.3. The molecule has 5 rings (SSSR count). The number of nitro benzene ring substituents is 1. The Morgan fingerprint density at radius 1 is 0.900 bits per heavy atom. The molecule has 3 amide bonds. The number of nitro groups is 1. The van der Waals surface area contributed by atoms with Crippen molar-refractivity contribution in [3.63, 3.8) is 0 Å². The van der Waals surface area contributed by atoms with Gasteiger partial charge < -0.3 is 25.4 Å². The molecule has 0 saturated heterocycles. The molecule has 0 aliphatic carbocycles. The van der Waals surface area contributed by atoms with E-state index in [0.29, 0.717) is 38.5 Å². The normalized spacial score (nSPS) is 11.6. The molecule has 4 aromatic carbocycles. The van der Waals surface area contributed by atoms with Crippen LogP contribution in [0.2, 0.25) is 0 Å². The Balaban J connectivity index is 1.27. The maximum atomic E-state index is 13.5. The van der Waals surface area contributed by atoms with Crippen LogP contribution in [-0.2, 0) is 9.59 Å². The predicted molar refractivity (Wildman–Crippen MR) is 195 cm³/mol. The van der Waals surface area contributed by atoms with Gasteiger partial charge in [0.25, 0.3) is 17.5 Å². The topological polar surface area (TPSA) is 162 Å². The zero-order valence-electron chi connectivity index (χ0n) is 27.0. The maximum absolute atomic E-state index is 13.5. The van der Waals surface area contributed by atoms with Gasteiger partial charge in [0.2, 0.25) is 5.91 Å². The van der Waals surface area contributed by atoms with E-state index in [1.54, 1.807) is 87.9 Å². The Hall–Kier alpha value is -5.99. The molecule has 0 saturated carbocycles. The predicted octanol–water partition coefficient (Wildman–Crippen LogP) is 7.26. The fraction of sp³-hybridized carbons (Fsp3) is 0.111. The van der Waals surface area contributed by atoms with E-state index in [1.165, 1.54) is 47.4 Å². The second kappa shape index (κ2) is 16.4. The number of methoxy groups -OCH3 is 2. The van der Waals surface area contributed by atoms with Crippen molar-refractivity contribution in [3.8, 4) is 22.8 Å². The highest BCUT2D eigenvalue weighted by atomic mass is 32.2. The molecular formula is C36H31N5O7S2. The quantitative estimate of drug-likeness (QED) is 0.0494. The molecule has 1 aromatic heterocycles. The minimum Gasteiger partial charge on any atom is -0.493 e. The van der Waals surface area contributed by atoms with Crippen molar-refractivity contribution >= 4 is 63.4 Å². The van der Waals surface area contributed by atoms with Gasteiger partial charge in [-0.3, -0.25) is 24.5 Å². The third kappa shape index (κ3) is 8.92. The molecule has 0 aliphatic heterocycles. The number of hydrogen-bond acceptors (Lipinski definition) is 10. The zero-order chi connectivity index (χ0) is 35.6. The number of aromatic nitrogens is 1. The van der Waals surface area contributed by atoms with Gasteiger partial charge in [-0.2, -0.15) is 0 Å². The molecule has 12 nitrogen and oxygen atoms in total. The fourth-order valence-electron chi connectivity index (χ4n) is 4.64. The standard InChI is InChI=1S/C36H31N5O7S2/c1-22(33(42)40-36-39-29(21-49-36)24-16-17-31(47-2)32(19-24)48-3)50-27-14-9-13-26(20-27)37-35(44)28(38-34(43)23-10-5-4-6-11-23)18-25-12-7-8-15-30(25)41(45)46/h4-22H,1-3H3,(H,37,44)(H,38,43)(H,39,40,42)/b28-18+. The molecule has 50 heavy (non-hydrogen) atoms. The summed E-state index contributed by atoms with van der Waals surface area (Å²) in [4.78, 5) is 55.9. The Kier molecular flexibility index (Phi) is 11.6. The first-order chi connectivity index (χ1) is 24.1. The van der Waals surface area contributed by atoms with Gasteiger partial charge in [-0.1, -0.05) is 36.4 Å². The number of anilines is 2. The van der Waals surface area contributed by atoms with Crippen molar-refractivity contribution in [1.82, 2.24) is 10.3 Å². The van der Waals surface area contributed by atoms with Gasteiger partial charge in [-0.25, -0.2) is 4.98 Å². The fourth-order valence-corrected chi connectivity index (χ4v) is 6.29. The lowest BCUT2D eigenvalue weighted by Crippen LogP contribution is -2.30. The summed E-state index contributed by atoms with van der Waals surface area (Å²) in [7, 11) is 3.12. The van der Waals surface area contributed by atoms with Crippen LogP contribution in [0.25, 0.3) is 17.3 Å². The lowest BCUT2D eigenvalue weighted by molar-refractivity contribution is -0.385. The SMILES string of the molecule is COc1ccc(-c2csc(NC(=O)C(C)Sc3cccc(NC(=O)/C(=C\c4ccccc4[N+](=O)[O-])NC(=O)c4ccccc4)c3)n2)cc1OC. The number of benzene rings is 4. The molecule has 0 spiro atoms. The maximum Gasteiger partial charge on any atom is 0.276 e. The average Bonchev–Trinajstić information content (AvgIpc) is 3.60. The van der Waals surface area contributed by atoms with E-state index < -0.39 is 22.0 Å². The number of ether oxygens (including phenoxy) is 2. The smallest absolute Gasteiger partial charge is 0.276 e. The van der Waals surface area contributed by atoms with Crippen molar-refractivity contribution in [3.05, 3.63) is 129 Å². The number of nitrogens with zero attached hydrogens (tertiary/aromatic N) is 2. The number of thioether (sulfide) groups is 1. The average molecular weight is 710 g/mol. The van der Waals surface area contributed by atoms with E-state index in [2.05, 4.69) is 20.9 Å². The monoisotopic (exact) mass is 709 g/mol. The highest BCUT2D eigenvalue weighted by molar-refractivity contribution is 8.00. The number of thiazole rings is 1. The molecule has 1 heterocycles. The van der Waals surface area contributed by atoms with Crippen molar-refractivity contribution in [2.75, 3.05) is 24.9 Å². The molecule has 3 N–H and O–H groups in total. The van der Waals surface area contributed by atoms with Crippen LogP contribution < -0.4 is 25.4 Å². The summed E-state index contributed by atoms with van der Waals surface area (Å²) < 4.78 is 10.7. The third-order valence-electron chi connectivity index (χ3n) is 7.15. The van der Waals surface area contributed by atoms with Gasteiger partial charge in [-0.05, 0) is 67.6 Å². The van der Waals surface area contributed by atoms with E-state index >= 15 is 0 Å².